The summed E-state index contributed by atoms with van der Waals surface area (Å²) in [7, 11) is 0. The zero-order valence-electron chi connectivity index (χ0n) is 9.65. The van der Waals surface area contributed by atoms with E-state index in [4.69, 9.17) is 5.73 Å². The highest BCUT2D eigenvalue weighted by atomic mass is 16.6. The second-order valence-electron chi connectivity index (χ2n) is 4.33. The van der Waals surface area contributed by atoms with Gasteiger partial charge in [-0.05, 0) is 20.8 Å². The Morgan fingerprint density at radius 1 is 1.62 bits per heavy atom. The van der Waals surface area contributed by atoms with E-state index in [0.717, 1.165) is 0 Å². The minimum Gasteiger partial charge on any atom is -0.364 e. The molecule has 88 valence electrons. The average molecular weight is 224 g/mol. The van der Waals surface area contributed by atoms with Crippen LogP contribution in [0.5, 0.6) is 0 Å². The number of aryl methyl sites for hydroxylation is 1. The lowest BCUT2D eigenvalue weighted by atomic mass is 10.1. The van der Waals surface area contributed by atoms with Crippen molar-refractivity contribution >= 4 is 11.5 Å². The van der Waals surface area contributed by atoms with Crippen LogP contribution in [0, 0.1) is 17.0 Å². The van der Waals surface area contributed by atoms with Crippen LogP contribution in [0.25, 0.3) is 0 Å². The molecule has 0 aliphatic heterocycles. The zero-order chi connectivity index (χ0) is 12.3. The van der Waals surface area contributed by atoms with E-state index < -0.39 is 4.92 Å². The van der Waals surface area contributed by atoms with E-state index in [9.17, 15) is 10.1 Å². The molecule has 0 spiro atoms. The van der Waals surface area contributed by atoms with Gasteiger partial charge in [-0.25, -0.2) is 4.98 Å². The van der Waals surface area contributed by atoms with Gasteiger partial charge >= 0.3 is 0 Å². The van der Waals surface area contributed by atoms with Crippen molar-refractivity contribution in [3.63, 3.8) is 0 Å². The van der Waals surface area contributed by atoms with Gasteiger partial charge in [-0.1, -0.05) is 0 Å². The summed E-state index contributed by atoms with van der Waals surface area (Å²) in [6.07, 6.45) is 1.48. The van der Waals surface area contributed by atoms with Crippen LogP contribution < -0.4 is 11.1 Å². The lowest BCUT2D eigenvalue weighted by Crippen LogP contribution is -2.39. The first-order valence-electron chi connectivity index (χ1n) is 4.95. The molecular formula is C10H16N4O2. The minimum absolute atomic E-state index is 0.0605. The summed E-state index contributed by atoms with van der Waals surface area (Å²) in [6.45, 7) is 5.88. The second kappa shape index (κ2) is 4.44. The summed E-state index contributed by atoms with van der Waals surface area (Å²) in [4.78, 5) is 14.4. The molecule has 16 heavy (non-hydrogen) atoms. The van der Waals surface area contributed by atoms with E-state index in [1.54, 1.807) is 6.92 Å². The van der Waals surface area contributed by atoms with E-state index in [1.807, 2.05) is 13.8 Å². The molecule has 0 saturated carbocycles. The molecule has 0 aromatic carbocycles. The molecule has 0 atom stereocenters. The molecule has 1 aromatic heterocycles. The smallest absolute Gasteiger partial charge is 0.277 e. The van der Waals surface area contributed by atoms with E-state index in [1.165, 1.54) is 12.3 Å². The molecule has 6 heteroatoms. The standard InChI is InChI=1S/C10H16N4O2/c1-7-5-12-9(4-8(7)14(15)16)13-10(2,3)6-11/h4-5H,6,11H2,1-3H3,(H,12,13). The molecule has 6 nitrogen and oxygen atoms in total. The molecule has 1 rings (SSSR count). The van der Waals surface area contributed by atoms with Gasteiger partial charge in [0.05, 0.1) is 11.0 Å². The number of nitrogens with zero attached hydrogens (tertiary/aromatic N) is 2. The summed E-state index contributed by atoms with van der Waals surface area (Å²) >= 11 is 0. The number of nitrogens with one attached hydrogen (secondary N) is 1. The maximum atomic E-state index is 10.7. The molecule has 1 heterocycles. The van der Waals surface area contributed by atoms with Crippen LogP contribution in [0.1, 0.15) is 19.4 Å². The monoisotopic (exact) mass is 224 g/mol. The van der Waals surface area contributed by atoms with E-state index in [0.29, 0.717) is 17.9 Å². The van der Waals surface area contributed by atoms with E-state index >= 15 is 0 Å². The Kier molecular flexibility index (Phi) is 3.44. The predicted octanol–water partition coefficient (Wildman–Crippen LogP) is 1.45. The Hall–Kier alpha value is -1.69. The number of hydrogen-bond donors (Lipinski definition) is 2. The fourth-order valence-electron chi connectivity index (χ4n) is 1.18. The Balaban J connectivity index is 3.00. The number of rotatable bonds is 4. The molecule has 0 unspecified atom stereocenters. The molecule has 0 bridgehead atoms. The highest BCUT2D eigenvalue weighted by Crippen LogP contribution is 2.21. The summed E-state index contributed by atoms with van der Waals surface area (Å²) < 4.78 is 0. The number of aromatic nitrogens is 1. The van der Waals surface area contributed by atoms with Crippen LogP contribution in [-0.2, 0) is 0 Å². The molecule has 0 saturated heterocycles. The number of nitro groups is 1. The van der Waals surface area contributed by atoms with Gasteiger partial charge < -0.3 is 11.1 Å². The van der Waals surface area contributed by atoms with E-state index in [-0.39, 0.29) is 11.2 Å². The average Bonchev–Trinajstić information content (AvgIpc) is 2.20. The van der Waals surface area contributed by atoms with Crippen molar-refractivity contribution < 1.29 is 4.92 Å². The predicted molar refractivity (Wildman–Crippen MR) is 62.4 cm³/mol. The third kappa shape index (κ3) is 2.90. The van der Waals surface area contributed by atoms with Crippen molar-refractivity contribution in [1.29, 1.82) is 0 Å². The largest absolute Gasteiger partial charge is 0.364 e. The second-order valence-corrected chi connectivity index (χ2v) is 4.33. The molecule has 0 aliphatic carbocycles. The summed E-state index contributed by atoms with van der Waals surface area (Å²) in [5.74, 6) is 0.466. The topological polar surface area (TPSA) is 94.1 Å². The van der Waals surface area contributed by atoms with E-state index in [2.05, 4.69) is 10.3 Å². The Morgan fingerprint density at radius 2 is 2.25 bits per heavy atom. The zero-order valence-corrected chi connectivity index (χ0v) is 9.65. The fourth-order valence-corrected chi connectivity index (χ4v) is 1.18. The normalized spacial score (nSPS) is 11.2. The van der Waals surface area contributed by atoms with Gasteiger partial charge in [0.1, 0.15) is 5.82 Å². The van der Waals surface area contributed by atoms with Crippen molar-refractivity contribution in [1.82, 2.24) is 4.98 Å². The molecule has 0 aliphatic rings. The lowest BCUT2D eigenvalue weighted by molar-refractivity contribution is -0.385. The number of hydrogen-bond acceptors (Lipinski definition) is 5. The molecule has 0 fully saturated rings. The molecule has 3 N–H and O–H groups in total. The Bertz CT molecular complexity index is 404. The maximum absolute atomic E-state index is 10.7. The first-order chi connectivity index (χ1) is 7.35. The molecule has 1 aromatic rings. The molecule has 0 amide bonds. The van der Waals surface area contributed by atoms with Gasteiger partial charge in [-0.2, -0.15) is 0 Å². The van der Waals surface area contributed by atoms with Gasteiger partial charge in [0.2, 0.25) is 0 Å². The van der Waals surface area contributed by atoms with Gasteiger partial charge in [0.15, 0.2) is 0 Å². The van der Waals surface area contributed by atoms with Gasteiger partial charge in [-0.15, -0.1) is 0 Å². The highest BCUT2D eigenvalue weighted by molar-refractivity contribution is 5.50. The van der Waals surface area contributed by atoms with Crippen molar-refractivity contribution in [2.45, 2.75) is 26.3 Å². The van der Waals surface area contributed by atoms with Crippen LogP contribution in [-0.4, -0.2) is 22.0 Å². The SMILES string of the molecule is Cc1cnc(NC(C)(C)CN)cc1[N+](=O)[O-]. The van der Waals surface area contributed by atoms with Crippen LogP contribution >= 0.6 is 0 Å². The maximum Gasteiger partial charge on any atom is 0.277 e. The van der Waals surface area contributed by atoms with Crippen molar-refractivity contribution in [3.8, 4) is 0 Å². The summed E-state index contributed by atoms with van der Waals surface area (Å²) in [5, 5.41) is 13.8. The summed E-state index contributed by atoms with van der Waals surface area (Å²) in [6, 6.07) is 1.42. The van der Waals surface area contributed by atoms with Gasteiger partial charge in [-0.3, -0.25) is 10.1 Å². The quantitative estimate of drug-likeness (QED) is 0.596. The third-order valence-electron chi connectivity index (χ3n) is 2.25. The first kappa shape index (κ1) is 12.4. The number of pyridine rings is 1. The fraction of sp³-hybridized carbons (Fsp3) is 0.500. The third-order valence-corrected chi connectivity index (χ3v) is 2.25. The van der Waals surface area contributed by atoms with Crippen LogP contribution in [0.2, 0.25) is 0 Å². The van der Waals surface area contributed by atoms with Gasteiger partial charge in [0.25, 0.3) is 5.69 Å². The molecular weight excluding hydrogens is 208 g/mol. The molecule has 0 radical (unpaired) electrons. The number of anilines is 1. The Labute approximate surface area is 94.0 Å². The van der Waals surface area contributed by atoms with Gasteiger partial charge in [0, 0.05) is 23.8 Å². The Morgan fingerprint density at radius 3 is 2.75 bits per heavy atom. The van der Waals surface area contributed by atoms with Crippen LogP contribution in [0.15, 0.2) is 12.3 Å². The van der Waals surface area contributed by atoms with Crippen molar-refractivity contribution in [2.75, 3.05) is 11.9 Å². The van der Waals surface area contributed by atoms with Crippen molar-refractivity contribution in [2.24, 2.45) is 5.73 Å². The lowest BCUT2D eigenvalue weighted by Gasteiger charge is -2.24. The minimum atomic E-state index is -0.419. The first-order valence-corrected chi connectivity index (χ1v) is 4.95. The highest BCUT2D eigenvalue weighted by Gasteiger charge is 2.18. The summed E-state index contributed by atoms with van der Waals surface area (Å²) in [5.41, 5.74) is 5.82. The van der Waals surface area contributed by atoms with Crippen LogP contribution in [0.4, 0.5) is 11.5 Å². The van der Waals surface area contributed by atoms with Crippen LogP contribution in [0.3, 0.4) is 0 Å². The van der Waals surface area contributed by atoms with Crippen molar-refractivity contribution in [3.05, 3.63) is 27.9 Å². The number of nitrogens with two attached hydrogens (primary N) is 1.